The molecule has 1 saturated heterocycles. The maximum absolute atomic E-state index is 14.4. The number of hydrogen-bond donors (Lipinski definition) is 2. The summed E-state index contributed by atoms with van der Waals surface area (Å²) in [5.74, 6) is 1.52. The van der Waals surface area contributed by atoms with Crippen LogP contribution < -0.4 is 14.8 Å². The fourth-order valence-electron chi connectivity index (χ4n) is 5.32. The third kappa shape index (κ3) is 7.56. The predicted octanol–water partition coefficient (Wildman–Crippen LogP) is 4.17. The maximum atomic E-state index is 14.4. The Kier molecular flexibility index (Phi) is 10.7. The Morgan fingerprint density at radius 2 is 1.88 bits per heavy atom. The average molecular weight is 653 g/mol. The van der Waals surface area contributed by atoms with E-state index in [9.17, 15) is 4.79 Å². The van der Waals surface area contributed by atoms with Crippen LogP contribution in [0, 0.1) is 0 Å². The number of halogens is 1. The van der Waals surface area contributed by atoms with Crippen molar-refractivity contribution in [1.82, 2.24) is 10.2 Å². The number of carbonyl (C=O) groups is 1. The number of rotatable bonds is 13. The van der Waals surface area contributed by atoms with Gasteiger partial charge in [-0.05, 0) is 53.6 Å². The fraction of sp³-hybridized carbons (Fsp3) is 0.394. The highest BCUT2D eigenvalue weighted by atomic mass is 79.9. The minimum atomic E-state index is -1.30. The van der Waals surface area contributed by atoms with Gasteiger partial charge in [-0.3, -0.25) is 9.69 Å². The number of methoxy groups -OCH3 is 1. The third-order valence-electron chi connectivity index (χ3n) is 7.66. The zero-order valence-corrected chi connectivity index (χ0v) is 25.9. The van der Waals surface area contributed by atoms with Crippen molar-refractivity contribution in [1.29, 1.82) is 0 Å². The lowest BCUT2D eigenvalue weighted by Gasteiger charge is -2.32. The predicted molar refractivity (Wildman–Crippen MR) is 168 cm³/mol. The van der Waals surface area contributed by atoms with E-state index in [1.807, 2.05) is 72.8 Å². The van der Waals surface area contributed by atoms with E-state index in [2.05, 4.69) is 26.1 Å². The van der Waals surface area contributed by atoms with Gasteiger partial charge in [-0.25, -0.2) is 4.99 Å². The summed E-state index contributed by atoms with van der Waals surface area (Å²) in [6.07, 6.45) is 0.150. The van der Waals surface area contributed by atoms with Gasteiger partial charge in [-0.15, -0.1) is 0 Å². The lowest BCUT2D eigenvalue weighted by molar-refractivity contribution is -0.129. The molecule has 5 rings (SSSR count). The first-order valence-electron chi connectivity index (χ1n) is 14.6. The van der Waals surface area contributed by atoms with Crippen molar-refractivity contribution < 1.29 is 28.8 Å². The lowest BCUT2D eigenvalue weighted by Crippen LogP contribution is -2.51. The molecule has 3 aromatic carbocycles. The first-order chi connectivity index (χ1) is 21.0. The van der Waals surface area contributed by atoms with Crippen molar-refractivity contribution in [3.05, 3.63) is 94.0 Å². The second-order valence-corrected chi connectivity index (χ2v) is 11.4. The normalized spacial score (nSPS) is 20.3. The Morgan fingerprint density at radius 1 is 1.09 bits per heavy atom. The van der Waals surface area contributed by atoms with Gasteiger partial charge < -0.3 is 29.4 Å². The van der Waals surface area contributed by atoms with E-state index in [1.54, 1.807) is 7.11 Å². The van der Waals surface area contributed by atoms with Crippen LogP contribution in [0.2, 0.25) is 0 Å². The molecule has 1 fully saturated rings. The molecular formula is C33H38BrN3O6. The number of aliphatic imine (C=N–C) groups is 1. The molecule has 0 bridgehead atoms. The summed E-state index contributed by atoms with van der Waals surface area (Å²) in [7, 11) is 1.62. The molecule has 0 aromatic heterocycles. The van der Waals surface area contributed by atoms with Crippen molar-refractivity contribution >= 4 is 27.7 Å². The van der Waals surface area contributed by atoms with E-state index in [0.717, 1.165) is 40.8 Å². The highest BCUT2D eigenvalue weighted by Crippen LogP contribution is 2.44. The van der Waals surface area contributed by atoms with Gasteiger partial charge in [0.2, 0.25) is 5.90 Å². The minimum absolute atomic E-state index is 0.0719. The topological polar surface area (TPSA) is 102 Å². The second-order valence-electron chi connectivity index (χ2n) is 10.5. The SMILES string of the molecule is COc1cccc([C@H]2OC(c3ccc(OCCCO)cc3)=N[C@@]2(Cc2ccccc2Br)C(=O)NCCN2CCOCC2)c1. The van der Waals surface area contributed by atoms with Crippen LogP contribution in [-0.4, -0.2) is 87.1 Å². The molecule has 0 unspecified atom stereocenters. The number of aliphatic hydroxyl groups is 1. The van der Waals surface area contributed by atoms with Crippen LogP contribution in [-0.2, 0) is 20.7 Å². The first kappa shape index (κ1) is 31.0. The number of amides is 1. The van der Waals surface area contributed by atoms with Crippen LogP contribution in [0.3, 0.4) is 0 Å². The number of hydrogen-bond acceptors (Lipinski definition) is 8. The molecule has 0 saturated carbocycles. The van der Waals surface area contributed by atoms with Crippen molar-refractivity contribution in [3.63, 3.8) is 0 Å². The quantitative estimate of drug-likeness (QED) is 0.268. The maximum Gasteiger partial charge on any atom is 0.252 e. The van der Waals surface area contributed by atoms with Crippen LogP contribution >= 0.6 is 15.9 Å². The number of ether oxygens (including phenoxy) is 4. The first-order valence-corrected chi connectivity index (χ1v) is 15.4. The average Bonchev–Trinajstić information content (AvgIpc) is 3.43. The molecule has 0 radical (unpaired) electrons. The standard InChI is InChI=1S/C33H38BrN3O6/c1-40-28-8-4-7-25(22-28)30-33(23-26-6-2-3-9-29(26)34,32(39)35-14-15-37-16-20-41-21-17-37)36-31(43-30)24-10-12-27(13-11-24)42-19-5-18-38/h2-4,6-13,22,30,38H,5,14-21,23H2,1H3,(H,35,39)/t30-,33-/m1/s1. The van der Waals surface area contributed by atoms with Gasteiger partial charge in [0.05, 0.1) is 26.9 Å². The van der Waals surface area contributed by atoms with Crippen molar-refractivity contribution in [3.8, 4) is 11.5 Å². The molecule has 2 heterocycles. The molecule has 43 heavy (non-hydrogen) atoms. The largest absolute Gasteiger partial charge is 0.497 e. The van der Waals surface area contributed by atoms with Crippen LogP contribution in [0.5, 0.6) is 11.5 Å². The zero-order chi connectivity index (χ0) is 30.1. The summed E-state index contributed by atoms with van der Waals surface area (Å²) in [5, 5.41) is 12.3. The lowest BCUT2D eigenvalue weighted by atomic mass is 9.82. The summed E-state index contributed by atoms with van der Waals surface area (Å²) < 4.78 is 24.2. The molecule has 10 heteroatoms. The number of nitrogens with zero attached hydrogens (tertiary/aromatic N) is 2. The van der Waals surface area contributed by atoms with Gasteiger partial charge in [0, 0.05) is 55.7 Å². The highest BCUT2D eigenvalue weighted by molar-refractivity contribution is 9.10. The number of morpholine rings is 1. The molecule has 0 spiro atoms. The summed E-state index contributed by atoms with van der Waals surface area (Å²) in [6, 6.07) is 22.9. The number of nitrogens with one attached hydrogen (secondary N) is 1. The van der Waals surface area contributed by atoms with E-state index in [4.69, 9.17) is 29.0 Å². The summed E-state index contributed by atoms with van der Waals surface area (Å²) >= 11 is 3.69. The Morgan fingerprint density at radius 3 is 2.63 bits per heavy atom. The molecule has 228 valence electrons. The third-order valence-corrected chi connectivity index (χ3v) is 8.44. The summed E-state index contributed by atoms with van der Waals surface area (Å²) in [6.45, 7) is 4.78. The smallest absolute Gasteiger partial charge is 0.252 e. The highest BCUT2D eigenvalue weighted by Gasteiger charge is 2.53. The number of aliphatic hydroxyl groups excluding tert-OH is 1. The zero-order valence-electron chi connectivity index (χ0n) is 24.3. The molecular weight excluding hydrogens is 614 g/mol. The molecule has 2 aliphatic rings. The Hall–Kier alpha value is -3.44. The van der Waals surface area contributed by atoms with Crippen LogP contribution in [0.1, 0.15) is 29.2 Å². The Bertz CT molecular complexity index is 1400. The van der Waals surface area contributed by atoms with Crippen molar-refractivity contribution in [2.75, 3.05) is 59.7 Å². The molecule has 3 aromatic rings. The monoisotopic (exact) mass is 651 g/mol. The van der Waals surface area contributed by atoms with E-state index in [-0.39, 0.29) is 12.5 Å². The van der Waals surface area contributed by atoms with Gasteiger partial charge in [-0.2, -0.15) is 0 Å². The fourth-order valence-corrected chi connectivity index (χ4v) is 5.75. The number of benzene rings is 3. The van der Waals surface area contributed by atoms with Crippen LogP contribution in [0.4, 0.5) is 0 Å². The Labute approximate surface area is 260 Å². The van der Waals surface area contributed by atoms with Gasteiger partial charge in [0.1, 0.15) is 11.5 Å². The second kappa shape index (κ2) is 14.8. The molecule has 9 nitrogen and oxygen atoms in total. The van der Waals surface area contributed by atoms with E-state index in [0.29, 0.717) is 56.6 Å². The van der Waals surface area contributed by atoms with Gasteiger partial charge in [0.15, 0.2) is 11.6 Å². The molecule has 1 amide bonds. The number of carbonyl (C=O) groups excluding carboxylic acids is 1. The molecule has 2 N–H and O–H groups in total. The minimum Gasteiger partial charge on any atom is -0.497 e. The van der Waals surface area contributed by atoms with Crippen molar-refractivity contribution in [2.24, 2.45) is 4.99 Å². The van der Waals surface area contributed by atoms with Crippen LogP contribution in [0.15, 0.2) is 82.3 Å². The van der Waals surface area contributed by atoms with Crippen LogP contribution in [0.25, 0.3) is 0 Å². The molecule has 0 aliphatic carbocycles. The van der Waals surface area contributed by atoms with Crippen molar-refractivity contribution in [2.45, 2.75) is 24.5 Å². The Balaban J connectivity index is 1.51. The molecule has 2 atom stereocenters. The van der Waals surface area contributed by atoms with Gasteiger partial charge in [0.25, 0.3) is 5.91 Å². The van der Waals surface area contributed by atoms with E-state index < -0.39 is 11.6 Å². The molecule has 2 aliphatic heterocycles. The van der Waals surface area contributed by atoms with Gasteiger partial charge >= 0.3 is 0 Å². The van der Waals surface area contributed by atoms with E-state index in [1.165, 1.54) is 0 Å². The summed E-state index contributed by atoms with van der Waals surface area (Å²) in [4.78, 5) is 21.8. The summed E-state index contributed by atoms with van der Waals surface area (Å²) in [5.41, 5.74) is 1.17. The van der Waals surface area contributed by atoms with Gasteiger partial charge in [-0.1, -0.05) is 46.3 Å². The van der Waals surface area contributed by atoms with E-state index >= 15 is 0 Å².